The highest BCUT2D eigenvalue weighted by Gasteiger charge is 2.16. The molecule has 0 fully saturated rings. The molecule has 3 aromatic heterocycles. The average molecular weight is 359 g/mol. The van der Waals surface area contributed by atoms with Crippen LogP contribution in [0.5, 0.6) is 0 Å². The molecule has 1 aromatic carbocycles. The van der Waals surface area contributed by atoms with E-state index in [0.29, 0.717) is 0 Å². The molecule has 0 aliphatic carbocycles. The van der Waals surface area contributed by atoms with Crippen LogP contribution in [0.1, 0.15) is 48.8 Å². The number of pyridine rings is 1. The molecule has 4 rings (SSSR count). The van der Waals surface area contributed by atoms with E-state index in [0.717, 1.165) is 52.3 Å². The lowest BCUT2D eigenvalue weighted by Crippen LogP contribution is -2.11. The molecule has 0 radical (unpaired) electrons. The Morgan fingerprint density at radius 2 is 1.85 bits per heavy atom. The van der Waals surface area contributed by atoms with Crippen LogP contribution in [-0.2, 0) is 6.42 Å². The van der Waals surface area contributed by atoms with Crippen molar-refractivity contribution in [2.75, 3.05) is 5.32 Å². The van der Waals surface area contributed by atoms with Gasteiger partial charge in [0.25, 0.3) is 0 Å². The summed E-state index contributed by atoms with van der Waals surface area (Å²) in [5, 5.41) is 9.43. The summed E-state index contributed by atoms with van der Waals surface area (Å²) >= 11 is 0. The summed E-state index contributed by atoms with van der Waals surface area (Å²) in [6.07, 6.45) is 2.00. The minimum absolute atomic E-state index is 0.161. The van der Waals surface area contributed by atoms with Crippen LogP contribution < -0.4 is 5.32 Å². The Bertz CT molecular complexity index is 1100. The molecular weight excluding hydrogens is 334 g/mol. The topological polar surface area (TPSA) is 55.1 Å². The minimum atomic E-state index is 0.161. The van der Waals surface area contributed by atoms with Gasteiger partial charge in [0.15, 0.2) is 11.3 Å². The van der Waals surface area contributed by atoms with E-state index in [1.807, 2.05) is 17.5 Å². The lowest BCUT2D eigenvalue weighted by molar-refractivity contribution is 0.824. The average Bonchev–Trinajstić information content (AvgIpc) is 3.01. The van der Waals surface area contributed by atoms with Gasteiger partial charge in [0, 0.05) is 23.5 Å². The first-order valence-corrected chi connectivity index (χ1v) is 9.55. The van der Waals surface area contributed by atoms with Gasteiger partial charge in [-0.15, -0.1) is 5.10 Å². The van der Waals surface area contributed by atoms with Gasteiger partial charge in [0.05, 0.1) is 5.39 Å². The Morgan fingerprint density at radius 3 is 2.59 bits per heavy atom. The monoisotopic (exact) mass is 359 g/mol. The van der Waals surface area contributed by atoms with Gasteiger partial charge in [-0.1, -0.05) is 43.7 Å². The number of aromatic nitrogens is 4. The van der Waals surface area contributed by atoms with Gasteiger partial charge in [-0.05, 0) is 44.4 Å². The first kappa shape index (κ1) is 17.5. The second-order valence-electron chi connectivity index (χ2n) is 7.17. The molecule has 0 spiro atoms. The van der Waals surface area contributed by atoms with Crippen molar-refractivity contribution in [3.63, 3.8) is 0 Å². The molecular formula is C22H25N5. The number of rotatable bonds is 5. The van der Waals surface area contributed by atoms with E-state index in [4.69, 9.17) is 10.1 Å². The van der Waals surface area contributed by atoms with Crippen LogP contribution in [0.2, 0.25) is 0 Å². The Morgan fingerprint density at radius 1 is 1.07 bits per heavy atom. The molecule has 1 atom stereocenters. The normalized spacial score (nSPS) is 12.6. The van der Waals surface area contributed by atoms with E-state index in [1.165, 1.54) is 5.56 Å². The largest absolute Gasteiger partial charge is 0.363 e. The predicted molar refractivity (Wildman–Crippen MR) is 110 cm³/mol. The molecule has 0 aliphatic heterocycles. The first-order chi connectivity index (χ1) is 13.1. The molecule has 1 N–H and O–H groups in total. The van der Waals surface area contributed by atoms with Crippen LogP contribution in [0.4, 0.5) is 5.82 Å². The third-order valence-corrected chi connectivity index (χ3v) is 4.90. The SMILES string of the molecule is CCCc1cc(NC(C)c2ccccc2)n2nc3nc(C)cc(C)c3c2n1. The summed E-state index contributed by atoms with van der Waals surface area (Å²) < 4.78 is 1.91. The maximum absolute atomic E-state index is 4.90. The molecule has 0 saturated heterocycles. The van der Waals surface area contributed by atoms with Crippen molar-refractivity contribution in [2.24, 2.45) is 0 Å². The van der Waals surface area contributed by atoms with E-state index in [-0.39, 0.29) is 6.04 Å². The highest BCUT2D eigenvalue weighted by atomic mass is 15.3. The van der Waals surface area contributed by atoms with Crippen molar-refractivity contribution in [3.8, 4) is 0 Å². The molecule has 5 heteroatoms. The Kier molecular flexibility index (Phi) is 4.52. The van der Waals surface area contributed by atoms with E-state index in [1.54, 1.807) is 0 Å². The van der Waals surface area contributed by atoms with Crippen LogP contribution in [-0.4, -0.2) is 19.6 Å². The lowest BCUT2D eigenvalue weighted by Gasteiger charge is -2.17. The van der Waals surface area contributed by atoms with Crippen LogP contribution in [0.25, 0.3) is 16.7 Å². The fourth-order valence-corrected chi connectivity index (χ4v) is 3.61. The molecule has 1 unspecified atom stereocenters. The molecule has 5 nitrogen and oxygen atoms in total. The van der Waals surface area contributed by atoms with Gasteiger partial charge in [-0.2, -0.15) is 4.52 Å². The number of fused-ring (bicyclic) bond motifs is 3. The number of nitrogens with one attached hydrogen (secondary N) is 1. The predicted octanol–water partition coefficient (Wildman–Crippen LogP) is 5.02. The van der Waals surface area contributed by atoms with Gasteiger partial charge >= 0.3 is 0 Å². The van der Waals surface area contributed by atoms with Gasteiger partial charge in [0.1, 0.15) is 5.82 Å². The second-order valence-corrected chi connectivity index (χ2v) is 7.17. The van der Waals surface area contributed by atoms with Crippen LogP contribution in [0.3, 0.4) is 0 Å². The van der Waals surface area contributed by atoms with Crippen molar-refractivity contribution in [1.29, 1.82) is 0 Å². The van der Waals surface area contributed by atoms with Gasteiger partial charge in [-0.3, -0.25) is 0 Å². The molecule has 27 heavy (non-hydrogen) atoms. The Balaban J connectivity index is 1.89. The summed E-state index contributed by atoms with van der Waals surface area (Å²) in [7, 11) is 0. The first-order valence-electron chi connectivity index (χ1n) is 9.55. The van der Waals surface area contributed by atoms with Gasteiger partial charge in [0.2, 0.25) is 0 Å². The van der Waals surface area contributed by atoms with Crippen molar-refractivity contribution in [1.82, 2.24) is 19.6 Å². The molecule has 138 valence electrons. The third-order valence-electron chi connectivity index (χ3n) is 4.90. The van der Waals surface area contributed by atoms with Crippen molar-refractivity contribution in [3.05, 3.63) is 65.0 Å². The Hall–Kier alpha value is -2.95. The fraction of sp³-hybridized carbons (Fsp3) is 0.318. The summed E-state index contributed by atoms with van der Waals surface area (Å²) in [5.74, 6) is 0.954. The highest BCUT2D eigenvalue weighted by Crippen LogP contribution is 2.27. The lowest BCUT2D eigenvalue weighted by atomic mass is 10.1. The number of nitrogens with zero attached hydrogens (tertiary/aromatic N) is 4. The Labute approximate surface area is 159 Å². The van der Waals surface area contributed by atoms with Gasteiger partial charge in [-0.25, -0.2) is 9.97 Å². The molecule has 0 saturated carbocycles. The minimum Gasteiger partial charge on any atom is -0.363 e. The van der Waals surface area contributed by atoms with Crippen LogP contribution >= 0.6 is 0 Å². The third kappa shape index (κ3) is 3.25. The maximum Gasteiger partial charge on any atom is 0.184 e. The zero-order valence-electron chi connectivity index (χ0n) is 16.3. The highest BCUT2D eigenvalue weighted by molar-refractivity contribution is 5.93. The van der Waals surface area contributed by atoms with E-state index in [9.17, 15) is 0 Å². The van der Waals surface area contributed by atoms with Crippen LogP contribution in [0, 0.1) is 13.8 Å². The maximum atomic E-state index is 4.90. The molecule has 4 aromatic rings. The van der Waals surface area contributed by atoms with Crippen molar-refractivity contribution in [2.45, 2.75) is 46.6 Å². The van der Waals surface area contributed by atoms with Crippen molar-refractivity contribution >= 4 is 22.5 Å². The zero-order chi connectivity index (χ0) is 19.0. The zero-order valence-corrected chi connectivity index (χ0v) is 16.3. The standard InChI is InChI=1S/C22H25N5/c1-5-9-18-13-19(24-16(4)17-10-7-6-8-11-17)27-22(25-18)20-14(2)12-15(3)23-21(20)26-27/h6-8,10-13,16,24H,5,9H2,1-4H3. The molecule has 3 heterocycles. The van der Waals surface area contributed by atoms with Crippen molar-refractivity contribution < 1.29 is 0 Å². The summed E-state index contributed by atoms with van der Waals surface area (Å²) in [5.41, 5.74) is 6.09. The number of hydrogen-bond acceptors (Lipinski definition) is 4. The van der Waals surface area contributed by atoms with Crippen LogP contribution in [0.15, 0.2) is 42.5 Å². The quantitative estimate of drug-likeness (QED) is 0.543. The smallest absolute Gasteiger partial charge is 0.184 e. The fourth-order valence-electron chi connectivity index (χ4n) is 3.61. The molecule has 0 bridgehead atoms. The summed E-state index contributed by atoms with van der Waals surface area (Å²) in [6, 6.07) is 14.8. The summed E-state index contributed by atoms with van der Waals surface area (Å²) in [6.45, 7) is 8.45. The molecule has 0 aliphatic rings. The molecule has 0 amide bonds. The number of anilines is 1. The summed E-state index contributed by atoms with van der Waals surface area (Å²) in [4.78, 5) is 9.53. The van der Waals surface area contributed by atoms with Gasteiger partial charge < -0.3 is 5.32 Å². The second kappa shape index (κ2) is 6.99. The van der Waals surface area contributed by atoms with E-state index < -0.39 is 0 Å². The van der Waals surface area contributed by atoms with E-state index >= 15 is 0 Å². The van der Waals surface area contributed by atoms with E-state index in [2.05, 4.69) is 67.5 Å². The number of hydrogen-bond donors (Lipinski definition) is 1. The number of benzene rings is 1. The number of aryl methyl sites for hydroxylation is 3.